The SMILES string of the molecule is COc1cc2sc(C(F)(F)CCC(=O)O)cc2cc1OCCOc1cc2sc(C(F)(F)CCC(=O)O)cc2cc1OC. The summed E-state index contributed by atoms with van der Waals surface area (Å²) < 4.78 is 81.4. The maximum Gasteiger partial charge on any atom is 0.303 e. The second kappa shape index (κ2) is 12.6. The molecule has 2 heterocycles. The van der Waals surface area contributed by atoms with Crippen LogP contribution in [0.15, 0.2) is 36.4 Å². The lowest BCUT2D eigenvalue weighted by Gasteiger charge is -2.13. The van der Waals surface area contributed by atoms with Gasteiger partial charge in [-0.15, -0.1) is 22.7 Å². The van der Waals surface area contributed by atoms with Gasteiger partial charge < -0.3 is 29.2 Å². The van der Waals surface area contributed by atoms with Gasteiger partial charge in [0.05, 0.1) is 36.8 Å². The number of halogens is 4. The fraction of sp³-hybridized carbons (Fsp3) is 0.357. The van der Waals surface area contributed by atoms with Gasteiger partial charge in [-0.1, -0.05) is 0 Å². The topological polar surface area (TPSA) is 112 Å². The molecule has 0 aliphatic heterocycles. The Labute approximate surface area is 245 Å². The molecule has 2 N–H and O–H groups in total. The molecule has 4 aromatic rings. The largest absolute Gasteiger partial charge is 0.493 e. The number of ether oxygens (including phenoxy) is 4. The Hall–Kier alpha value is -3.78. The van der Waals surface area contributed by atoms with Crippen molar-refractivity contribution in [1.29, 1.82) is 0 Å². The van der Waals surface area contributed by atoms with Crippen LogP contribution in [0.25, 0.3) is 20.2 Å². The zero-order valence-corrected chi connectivity index (χ0v) is 24.0. The van der Waals surface area contributed by atoms with Crippen molar-refractivity contribution < 1.29 is 56.3 Å². The van der Waals surface area contributed by atoms with Crippen molar-refractivity contribution >= 4 is 54.8 Å². The van der Waals surface area contributed by atoms with Crippen LogP contribution in [0.3, 0.4) is 0 Å². The average Bonchev–Trinajstić information content (AvgIpc) is 3.56. The average molecular weight is 631 g/mol. The third-order valence-electron chi connectivity index (χ3n) is 6.23. The number of aliphatic carboxylic acids is 2. The second-order valence-electron chi connectivity index (χ2n) is 9.20. The molecule has 8 nitrogen and oxygen atoms in total. The van der Waals surface area contributed by atoms with Crippen LogP contribution in [0.2, 0.25) is 0 Å². The molecule has 0 spiro atoms. The Morgan fingerprint density at radius 2 is 1.05 bits per heavy atom. The van der Waals surface area contributed by atoms with E-state index in [4.69, 9.17) is 29.2 Å². The molecular weight excluding hydrogens is 604 g/mol. The van der Waals surface area contributed by atoms with Crippen molar-refractivity contribution in [2.75, 3.05) is 27.4 Å². The molecule has 0 aliphatic rings. The summed E-state index contributed by atoms with van der Waals surface area (Å²) in [4.78, 5) is 21.0. The summed E-state index contributed by atoms with van der Waals surface area (Å²) in [5.41, 5.74) is 0. The standard InChI is InChI=1S/C28H26F4O8S2/c1-37-17-9-15-11-23(27(29,30)5-3-25(33)34)42-22(15)14-20(17)40-8-7-39-19-10-16-12-24(28(31,32)6-4-26(35)36)41-21(16)13-18(19)38-2/h9-14H,3-8H2,1-2H3,(H,33,34)(H,35,36). The van der Waals surface area contributed by atoms with Crippen molar-refractivity contribution in [3.63, 3.8) is 0 Å². The van der Waals surface area contributed by atoms with Crippen molar-refractivity contribution in [3.8, 4) is 23.0 Å². The molecule has 0 bridgehead atoms. The third kappa shape index (κ3) is 7.16. The molecule has 0 unspecified atom stereocenters. The van der Waals surface area contributed by atoms with Crippen molar-refractivity contribution in [3.05, 3.63) is 46.2 Å². The predicted octanol–water partition coefficient (Wildman–Crippen LogP) is 7.50. The third-order valence-corrected chi connectivity index (χ3v) is 8.65. The van der Waals surface area contributed by atoms with Gasteiger partial charge >= 0.3 is 11.9 Å². The highest BCUT2D eigenvalue weighted by Crippen LogP contribution is 2.45. The number of rotatable bonds is 15. The van der Waals surface area contributed by atoms with E-state index in [0.29, 0.717) is 31.7 Å². The zero-order valence-electron chi connectivity index (χ0n) is 22.4. The molecule has 0 aliphatic carbocycles. The maximum atomic E-state index is 14.5. The Bertz CT molecular complexity index is 1480. The number of carbonyl (C=O) groups is 2. The van der Waals surface area contributed by atoms with E-state index in [0.717, 1.165) is 22.7 Å². The highest BCUT2D eigenvalue weighted by Gasteiger charge is 2.35. The Balaban J connectivity index is 1.45. The molecule has 42 heavy (non-hydrogen) atoms. The minimum Gasteiger partial charge on any atom is -0.493 e. The minimum absolute atomic E-state index is 0.0117. The first-order valence-electron chi connectivity index (χ1n) is 12.5. The molecule has 14 heteroatoms. The van der Waals surface area contributed by atoms with Crippen LogP contribution in [0.4, 0.5) is 17.6 Å². The smallest absolute Gasteiger partial charge is 0.303 e. The van der Waals surface area contributed by atoms with E-state index in [9.17, 15) is 27.2 Å². The van der Waals surface area contributed by atoms with E-state index in [-0.39, 0.29) is 34.5 Å². The molecule has 2 aromatic carbocycles. The lowest BCUT2D eigenvalue weighted by molar-refractivity contribution is -0.140. The van der Waals surface area contributed by atoms with Gasteiger partial charge in [0, 0.05) is 34.4 Å². The van der Waals surface area contributed by atoms with Crippen LogP contribution in [0.1, 0.15) is 35.4 Å². The van der Waals surface area contributed by atoms with Crippen LogP contribution in [0, 0.1) is 0 Å². The van der Waals surface area contributed by atoms with Crippen LogP contribution >= 0.6 is 22.7 Å². The summed E-state index contributed by atoms with van der Waals surface area (Å²) >= 11 is 1.67. The first-order chi connectivity index (χ1) is 19.8. The first-order valence-corrected chi connectivity index (χ1v) is 14.1. The normalized spacial score (nSPS) is 12.0. The van der Waals surface area contributed by atoms with Crippen molar-refractivity contribution in [2.24, 2.45) is 0 Å². The van der Waals surface area contributed by atoms with Gasteiger partial charge in [-0.25, -0.2) is 17.6 Å². The zero-order chi connectivity index (χ0) is 30.7. The Kier molecular flexibility index (Phi) is 9.36. The van der Waals surface area contributed by atoms with Gasteiger partial charge in [0.1, 0.15) is 13.2 Å². The number of alkyl halides is 4. The molecule has 2 aromatic heterocycles. The summed E-state index contributed by atoms with van der Waals surface area (Å²) in [5, 5.41) is 18.5. The lowest BCUT2D eigenvalue weighted by atomic mass is 10.1. The number of hydrogen-bond acceptors (Lipinski definition) is 8. The van der Waals surface area contributed by atoms with Gasteiger partial charge in [-0.3, -0.25) is 9.59 Å². The lowest BCUT2D eigenvalue weighted by Crippen LogP contribution is -2.13. The molecule has 0 saturated heterocycles. The molecule has 0 radical (unpaired) electrons. The summed E-state index contributed by atoms with van der Waals surface area (Å²) in [6.45, 7) is 0.0238. The van der Waals surface area contributed by atoms with Crippen LogP contribution in [-0.4, -0.2) is 49.6 Å². The van der Waals surface area contributed by atoms with E-state index >= 15 is 0 Å². The quantitative estimate of drug-likeness (QED) is 0.103. The minimum atomic E-state index is -3.30. The number of hydrogen-bond donors (Lipinski definition) is 2. The molecule has 0 saturated carbocycles. The molecule has 226 valence electrons. The van der Waals surface area contributed by atoms with Gasteiger partial charge in [0.2, 0.25) is 0 Å². The maximum absolute atomic E-state index is 14.5. The number of methoxy groups -OCH3 is 2. The summed E-state index contributed by atoms with van der Waals surface area (Å²) in [6, 6.07) is 8.81. The number of carboxylic acids is 2. The number of benzene rings is 2. The molecule has 0 amide bonds. The Morgan fingerprint density at radius 3 is 1.48 bits per heavy atom. The summed E-state index contributed by atoms with van der Waals surface area (Å²) in [6.07, 6.45) is -2.96. The predicted molar refractivity (Wildman–Crippen MR) is 149 cm³/mol. The second-order valence-corrected chi connectivity index (χ2v) is 11.4. The monoisotopic (exact) mass is 630 g/mol. The van der Waals surface area contributed by atoms with E-state index in [2.05, 4.69) is 0 Å². The van der Waals surface area contributed by atoms with Crippen molar-refractivity contribution in [1.82, 2.24) is 0 Å². The first kappa shape index (κ1) is 31.2. The Morgan fingerprint density at radius 1 is 0.667 bits per heavy atom. The number of carboxylic acid groups (broad SMARTS) is 2. The van der Waals surface area contributed by atoms with E-state index < -0.39 is 49.5 Å². The molecule has 0 atom stereocenters. The van der Waals surface area contributed by atoms with Gasteiger partial charge in [-0.05, 0) is 35.0 Å². The number of fused-ring (bicyclic) bond motifs is 2. The summed E-state index contributed by atoms with van der Waals surface area (Å²) in [5.74, 6) is -8.05. The van der Waals surface area contributed by atoms with E-state index in [1.165, 1.54) is 26.4 Å². The van der Waals surface area contributed by atoms with Gasteiger partial charge in [-0.2, -0.15) is 0 Å². The highest BCUT2D eigenvalue weighted by molar-refractivity contribution is 7.19. The van der Waals surface area contributed by atoms with E-state index in [1.807, 2.05) is 0 Å². The molecule has 4 rings (SSSR count). The van der Waals surface area contributed by atoms with Crippen LogP contribution in [0.5, 0.6) is 23.0 Å². The van der Waals surface area contributed by atoms with Crippen LogP contribution in [-0.2, 0) is 21.4 Å². The van der Waals surface area contributed by atoms with Crippen molar-refractivity contribution in [2.45, 2.75) is 37.5 Å². The van der Waals surface area contributed by atoms with Gasteiger partial charge in [0.25, 0.3) is 11.8 Å². The van der Waals surface area contributed by atoms with E-state index in [1.54, 1.807) is 24.3 Å². The fourth-order valence-electron chi connectivity index (χ4n) is 4.08. The molecule has 0 fully saturated rings. The highest BCUT2D eigenvalue weighted by atomic mass is 32.1. The van der Waals surface area contributed by atoms with Crippen LogP contribution < -0.4 is 18.9 Å². The van der Waals surface area contributed by atoms with Gasteiger partial charge in [0.15, 0.2) is 23.0 Å². The molecular formula is C28H26F4O8S2. The summed E-state index contributed by atoms with van der Waals surface area (Å²) in [7, 11) is 2.81. The fourth-order valence-corrected chi connectivity index (χ4v) is 6.23. The number of thiophene rings is 2.